The van der Waals surface area contributed by atoms with E-state index in [1.807, 2.05) is 30.3 Å². The standard InChI is InChI=1S/C24H20N2O5S/c1-13-20(24(28)31-3)21(22(26(29)30)14(2)25-13)17-11-7-10-16-18(27)12-19(32-23(16)17)15-8-5-4-6-9-15/h4-12,21-22H,1-3H3. The fraction of sp³-hybridized carbons (Fsp3) is 0.208. The third kappa shape index (κ3) is 3.62. The van der Waals surface area contributed by atoms with E-state index in [-0.39, 0.29) is 11.0 Å². The van der Waals surface area contributed by atoms with Crippen LogP contribution in [0.15, 0.2) is 75.7 Å². The van der Waals surface area contributed by atoms with Crippen LogP contribution in [0.1, 0.15) is 25.3 Å². The zero-order valence-corrected chi connectivity index (χ0v) is 18.5. The number of carbonyl (C=O) groups is 1. The van der Waals surface area contributed by atoms with Gasteiger partial charge >= 0.3 is 5.97 Å². The summed E-state index contributed by atoms with van der Waals surface area (Å²) in [6.45, 7) is 3.23. The Morgan fingerprint density at radius 1 is 1.12 bits per heavy atom. The highest BCUT2D eigenvalue weighted by molar-refractivity contribution is 7.21. The Hall–Kier alpha value is -3.65. The van der Waals surface area contributed by atoms with E-state index < -0.39 is 22.9 Å². The first-order valence-electron chi connectivity index (χ1n) is 9.93. The minimum Gasteiger partial charge on any atom is -0.466 e. The monoisotopic (exact) mass is 448 g/mol. The summed E-state index contributed by atoms with van der Waals surface area (Å²) in [5.74, 6) is -1.60. The number of rotatable bonds is 4. The summed E-state index contributed by atoms with van der Waals surface area (Å²) >= 11 is 1.37. The molecule has 0 aliphatic carbocycles. The predicted molar refractivity (Wildman–Crippen MR) is 125 cm³/mol. The van der Waals surface area contributed by atoms with Gasteiger partial charge in [-0.2, -0.15) is 0 Å². The van der Waals surface area contributed by atoms with E-state index in [0.717, 1.165) is 10.4 Å². The fourth-order valence-electron chi connectivity index (χ4n) is 4.19. The predicted octanol–water partition coefficient (Wildman–Crippen LogP) is 4.58. The summed E-state index contributed by atoms with van der Waals surface area (Å²) in [6, 6.07) is 14.9. The van der Waals surface area contributed by atoms with Crippen LogP contribution in [0.3, 0.4) is 0 Å². The van der Waals surface area contributed by atoms with Gasteiger partial charge in [-0.3, -0.25) is 19.9 Å². The van der Waals surface area contributed by atoms with Gasteiger partial charge in [0.1, 0.15) is 0 Å². The van der Waals surface area contributed by atoms with E-state index in [0.29, 0.717) is 27.1 Å². The number of hydrogen-bond acceptors (Lipinski definition) is 7. The zero-order chi connectivity index (χ0) is 23.0. The van der Waals surface area contributed by atoms with Crippen molar-refractivity contribution < 1.29 is 14.5 Å². The zero-order valence-electron chi connectivity index (χ0n) is 17.7. The number of nitrogens with zero attached hydrogens (tertiary/aromatic N) is 2. The molecule has 0 saturated heterocycles. The molecule has 8 heteroatoms. The maximum absolute atomic E-state index is 13.0. The molecule has 2 atom stereocenters. The molecule has 3 aromatic rings. The van der Waals surface area contributed by atoms with Gasteiger partial charge in [0, 0.05) is 31.7 Å². The molecule has 1 aliphatic rings. The summed E-state index contributed by atoms with van der Waals surface area (Å²) in [5.41, 5.74) is 2.04. The third-order valence-electron chi connectivity index (χ3n) is 5.60. The van der Waals surface area contributed by atoms with Crippen LogP contribution < -0.4 is 5.43 Å². The summed E-state index contributed by atoms with van der Waals surface area (Å²) in [4.78, 5) is 42.3. The minimum atomic E-state index is -1.25. The lowest BCUT2D eigenvalue weighted by atomic mass is 9.80. The van der Waals surface area contributed by atoms with Crippen molar-refractivity contribution in [2.75, 3.05) is 7.11 Å². The highest BCUT2D eigenvalue weighted by Gasteiger charge is 2.45. The highest BCUT2D eigenvalue weighted by Crippen LogP contribution is 2.41. The van der Waals surface area contributed by atoms with Crippen molar-refractivity contribution in [2.45, 2.75) is 25.8 Å². The minimum absolute atomic E-state index is 0.136. The number of hydrogen-bond donors (Lipinski definition) is 0. The molecule has 4 rings (SSSR count). The molecule has 32 heavy (non-hydrogen) atoms. The third-order valence-corrected chi connectivity index (χ3v) is 6.83. The van der Waals surface area contributed by atoms with Crippen LogP contribution in [-0.2, 0) is 9.53 Å². The van der Waals surface area contributed by atoms with Gasteiger partial charge in [-0.25, -0.2) is 4.79 Å². The quantitative estimate of drug-likeness (QED) is 0.330. The summed E-state index contributed by atoms with van der Waals surface area (Å²) in [5, 5.41) is 12.5. The van der Waals surface area contributed by atoms with Crippen molar-refractivity contribution in [3.05, 3.63) is 91.8 Å². The van der Waals surface area contributed by atoms with Crippen LogP contribution in [0.25, 0.3) is 20.5 Å². The molecule has 0 N–H and O–H groups in total. The van der Waals surface area contributed by atoms with Gasteiger partial charge in [0.25, 0.3) is 6.04 Å². The smallest absolute Gasteiger partial charge is 0.336 e. The fourth-order valence-corrected chi connectivity index (χ4v) is 5.42. The average molecular weight is 449 g/mol. The number of aliphatic imine (C=N–C) groups is 1. The van der Waals surface area contributed by atoms with Crippen molar-refractivity contribution >= 4 is 33.1 Å². The summed E-state index contributed by atoms with van der Waals surface area (Å²) in [6.07, 6.45) is 0. The second kappa shape index (κ2) is 8.47. The van der Waals surface area contributed by atoms with E-state index in [1.165, 1.54) is 18.4 Å². The Kier molecular flexibility index (Phi) is 5.71. The molecule has 2 aromatic carbocycles. The van der Waals surface area contributed by atoms with Crippen LogP contribution in [0.4, 0.5) is 0 Å². The molecule has 0 bridgehead atoms. The van der Waals surface area contributed by atoms with E-state index in [4.69, 9.17) is 4.74 Å². The Bertz CT molecular complexity index is 1360. The van der Waals surface area contributed by atoms with E-state index >= 15 is 0 Å². The number of methoxy groups -OCH3 is 1. The van der Waals surface area contributed by atoms with E-state index in [1.54, 1.807) is 38.1 Å². The van der Waals surface area contributed by atoms with Gasteiger partial charge in [0.2, 0.25) is 0 Å². The first kappa shape index (κ1) is 21.6. The van der Waals surface area contributed by atoms with Gasteiger partial charge in [-0.05, 0) is 31.0 Å². The SMILES string of the molecule is COC(=O)C1=C(C)N=C(C)C([N+](=O)[O-])C1c1cccc2c(=O)cc(-c3ccccc3)sc12. The van der Waals surface area contributed by atoms with Gasteiger partial charge in [0.05, 0.1) is 24.3 Å². The number of fused-ring (bicyclic) bond motifs is 1. The van der Waals surface area contributed by atoms with Crippen LogP contribution in [0, 0.1) is 10.1 Å². The van der Waals surface area contributed by atoms with Crippen molar-refractivity contribution in [1.82, 2.24) is 0 Å². The summed E-state index contributed by atoms with van der Waals surface area (Å²) in [7, 11) is 1.24. The Morgan fingerprint density at radius 2 is 1.84 bits per heavy atom. The normalized spacial score (nSPS) is 18.4. The van der Waals surface area contributed by atoms with Crippen molar-refractivity contribution in [2.24, 2.45) is 4.99 Å². The second-order valence-electron chi connectivity index (χ2n) is 7.52. The molecule has 0 amide bonds. The molecule has 162 valence electrons. The van der Waals surface area contributed by atoms with Gasteiger partial charge < -0.3 is 4.74 Å². The molecular weight excluding hydrogens is 428 g/mol. The lowest BCUT2D eigenvalue weighted by Crippen LogP contribution is -2.40. The molecule has 1 aromatic heterocycles. The van der Waals surface area contributed by atoms with E-state index in [9.17, 15) is 19.7 Å². The van der Waals surface area contributed by atoms with Crippen LogP contribution >= 0.6 is 11.3 Å². The van der Waals surface area contributed by atoms with Crippen molar-refractivity contribution in [3.63, 3.8) is 0 Å². The largest absolute Gasteiger partial charge is 0.466 e. The highest BCUT2D eigenvalue weighted by atomic mass is 32.1. The Morgan fingerprint density at radius 3 is 2.50 bits per heavy atom. The topological polar surface area (TPSA) is 98.9 Å². The number of nitro groups is 1. The number of esters is 1. The lowest BCUT2D eigenvalue weighted by molar-refractivity contribution is -0.505. The number of allylic oxidation sites excluding steroid dienone is 1. The number of ether oxygens (including phenoxy) is 1. The van der Waals surface area contributed by atoms with Crippen molar-refractivity contribution in [1.29, 1.82) is 0 Å². The average Bonchev–Trinajstić information content (AvgIpc) is 2.78. The molecule has 2 heterocycles. The molecule has 0 spiro atoms. The van der Waals surface area contributed by atoms with Gasteiger partial charge in [-0.15, -0.1) is 11.3 Å². The Balaban J connectivity index is 2.05. The molecule has 0 fully saturated rings. The summed E-state index contributed by atoms with van der Waals surface area (Å²) < 4.78 is 5.57. The molecular formula is C24H20N2O5S. The first-order valence-corrected chi connectivity index (χ1v) is 10.7. The number of benzene rings is 2. The molecule has 1 aliphatic heterocycles. The maximum atomic E-state index is 13.0. The molecule has 0 radical (unpaired) electrons. The molecule has 0 saturated carbocycles. The second-order valence-corrected chi connectivity index (χ2v) is 8.57. The molecule has 7 nitrogen and oxygen atoms in total. The van der Waals surface area contributed by atoms with Gasteiger partial charge in [-0.1, -0.05) is 42.5 Å². The maximum Gasteiger partial charge on any atom is 0.336 e. The molecule has 2 unspecified atom stereocenters. The van der Waals surface area contributed by atoms with Crippen molar-refractivity contribution in [3.8, 4) is 10.4 Å². The van der Waals surface area contributed by atoms with Gasteiger partial charge in [0.15, 0.2) is 5.43 Å². The van der Waals surface area contributed by atoms with Crippen LogP contribution in [-0.4, -0.2) is 29.8 Å². The Labute approximate surface area is 187 Å². The van der Waals surface area contributed by atoms with Crippen LogP contribution in [0.5, 0.6) is 0 Å². The van der Waals surface area contributed by atoms with Crippen LogP contribution in [0.2, 0.25) is 0 Å². The first-order chi connectivity index (χ1) is 15.3. The van der Waals surface area contributed by atoms with E-state index in [2.05, 4.69) is 4.99 Å². The number of carbonyl (C=O) groups excluding carboxylic acids is 1. The lowest BCUT2D eigenvalue weighted by Gasteiger charge is -2.28.